The molecule has 2 N–H and O–H groups in total. The molecule has 0 aliphatic carbocycles. The molecule has 0 radical (unpaired) electrons. The van der Waals surface area contributed by atoms with E-state index >= 15 is 0 Å². The maximum atomic E-state index is 12.2. The van der Waals surface area contributed by atoms with Gasteiger partial charge in [0.25, 0.3) is 5.56 Å². The molecule has 148 valence electrons. The minimum absolute atomic E-state index is 0.00793. The number of pyridine rings is 2. The van der Waals surface area contributed by atoms with Crippen LogP contribution in [-0.2, 0) is 4.79 Å². The molecule has 2 aromatic rings. The van der Waals surface area contributed by atoms with Gasteiger partial charge >= 0.3 is 0 Å². The van der Waals surface area contributed by atoms with E-state index in [9.17, 15) is 9.59 Å². The Morgan fingerprint density at radius 2 is 2.18 bits per heavy atom. The number of likely N-dealkylation sites (tertiary alicyclic amines) is 1. The molecule has 8 nitrogen and oxygen atoms in total. The van der Waals surface area contributed by atoms with E-state index in [-0.39, 0.29) is 17.5 Å². The zero-order valence-corrected chi connectivity index (χ0v) is 16.3. The molecule has 3 rings (SSSR count). The number of carbonyl (C=O) groups is 1. The second kappa shape index (κ2) is 8.71. The maximum Gasteiger partial charge on any atom is 0.271 e. The smallest absolute Gasteiger partial charge is 0.271 e. The van der Waals surface area contributed by atoms with Crippen molar-refractivity contribution in [1.29, 1.82) is 0 Å². The molecule has 28 heavy (non-hydrogen) atoms. The number of aromatic nitrogens is 2. The number of rotatable bonds is 7. The lowest BCUT2D eigenvalue weighted by Gasteiger charge is -2.39. The fourth-order valence-electron chi connectivity index (χ4n) is 2.90. The van der Waals surface area contributed by atoms with Gasteiger partial charge in [0, 0.05) is 49.7 Å². The molecule has 1 amide bonds. The van der Waals surface area contributed by atoms with E-state index in [0.29, 0.717) is 24.7 Å². The topological polar surface area (TPSA) is 90.6 Å². The summed E-state index contributed by atoms with van der Waals surface area (Å²) in [5.41, 5.74) is 2.03. The van der Waals surface area contributed by atoms with Gasteiger partial charge in [0.2, 0.25) is 11.8 Å². The van der Waals surface area contributed by atoms with Gasteiger partial charge < -0.3 is 24.8 Å². The third kappa shape index (κ3) is 4.77. The molecule has 0 saturated carbocycles. The Morgan fingerprint density at radius 3 is 2.89 bits per heavy atom. The number of ether oxygens (including phenoxy) is 1. The van der Waals surface area contributed by atoms with Crippen LogP contribution >= 0.6 is 0 Å². The van der Waals surface area contributed by atoms with Crippen molar-refractivity contribution in [2.24, 2.45) is 0 Å². The third-order valence-electron chi connectivity index (χ3n) is 4.46. The van der Waals surface area contributed by atoms with Crippen LogP contribution in [0.15, 0.2) is 47.5 Å². The fraction of sp³-hybridized carbons (Fsp3) is 0.350. The highest BCUT2D eigenvalue weighted by Crippen LogP contribution is 2.23. The number of carbonyl (C=O) groups excluding carboxylic acids is 1. The van der Waals surface area contributed by atoms with Gasteiger partial charge in [-0.1, -0.05) is 6.08 Å². The molecule has 1 aliphatic heterocycles. The molecule has 1 aliphatic rings. The van der Waals surface area contributed by atoms with Gasteiger partial charge in [-0.15, -0.1) is 0 Å². The molecular formula is C20H25N5O3. The average molecular weight is 383 g/mol. The first kappa shape index (κ1) is 19.6. The fourth-order valence-corrected chi connectivity index (χ4v) is 2.90. The summed E-state index contributed by atoms with van der Waals surface area (Å²) in [6, 6.07) is 5.51. The van der Waals surface area contributed by atoms with Crippen LogP contribution in [0.1, 0.15) is 0 Å². The van der Waals surface area contributed by atoms with Crippen molar-refractivity contribution in [3.8, 4) is 17.0 Å². The predicted octanol–water partition coefficient (Wildman–Crippen LogP) is 1.19. The Hall–Kier alpha value is -3.13. The molecule has 3 heterocycles. The first-order chi connectivity index (χ1) is 13.5. The number of likely N-dealkylation sites (N-methyl/N-ethyl adjacent to an activating group) is 1. The Kier molecular flexibility index (Phi) is 6.10. The zero-order chi connectivity index (χ0) is 20.1. The highest BCUT2D eigenvalue weighted by molar-refractivity contribution is 5.88. The number of H-pyrrole nitrogens is 1. The van der Waals surface area contributed by atoms with Crippen LogP contribution in [0.4, 0.5) is 5.69 Å². The van der Waals surface area contributed by atoms with Crippen molar-refractivity contribution in [2.75, 3.05) is 46.2 Å². The van der Waals surface area contributed by atoms with Crippen molar-refractivity contribution >= 4 is 11.6 Å². The summed E-state index contributed by atoms with van der Waals surface area (Å²) in [6.45, 7) is 1.86. The number of nitrogens with one attached hydrogen (secondary N) is 2. The first-order valence-electron chi connectivity index (χ1n) is 9.06. The SMILES string of the molecule is COc1cc(-c2c[nH]c(=O)c(NC3CN(C(=O)C=CCN(C)C)C3)c2)ccn1. The van der Waals surface area contributed by atoms with Crippen LogP contribution in [0.3, 0.4) is 0 Å². The standard InChI is InChI=1S/C20H25N5O3/c1-24(2)8-4-5-19(26)25-12-16(13-25)23-17-9-15(11-22-20(17)27)14-6-7-21-18(10-14)28-3/h4-7,9-11,16,23H,8,12-13H2,1-3H3,(H,22,27). The molecule has 2 aromatic heterocycles. The first-order valence-corrected chi connectivity index (χ1v) is 9.06. The molecule has 1 saturated heterocycles. The Morgan fingerprint density at radius 1 is 1.39 bits per heavy atom. The summed E-state index contributed by atoms with van der Waals surface area (Å²) in [5, 5.41) is 3.23. The second-order valence-corrected chi connectivity index (χ2v) is 6.97. The predicted molar refractivity (Wildman–Crippen MR) is 109 cm³/mol. The van der Waals surface area contributed by atoms with E-state index in [4.69, 9.17) is 4.74 Å². The summed E-state index contributed by atoms with van der Waals surface area (Å²) in [4.78, 5) is 34.8. The lowest BCUT2D eigenvalue weighted by atomic mass is 10.1. The van der Waals surface area contributed by atoms with E-state index in [1.54, 1.807) is 42.6 Å². The molecule has 1 fully saturated rings. The summed E-state index contributed by atoms with van der Waals surface area (Å²) < 4.78 is 5.15. The lowest BCUT2D eigenvalue weighted by molar-refractivity contribution is -0.129. The van der Waals surface area contributed by atoms with E-state index in [1.807, 2.05) is 31.1 Å². The Balaban J connectivity index is 1.62. The molecule has 8 heteroatoms. The Labute approximate surface area is 163 Å². The summed E-state index contributed by atoms with van der Waals surface area (Å²) in [5.74, 6) is 0.500. The van der Waals surface area contributed by atoms with Crippen LogP contribution < -0.4 is 15.6 Å². The zero-order valence-electron chi connectivity index (χ0n) is 16.3. The number of anilines is 1. The van der Waals surface area contributed by atoms with Gasteiger partial charge in [0.15, 0.2) is 0 Å². The minimum atomic E-state index is -0.194. The number of aromatic amines is 1. The summed E-state index contributed by atoms with van der Waals surface area (Å²) in [6.07, 6.45) is 6.76. The second-order valence-electron chi connectivity index (χ2n) is 6.97. The molecule has 0 aromatic carbocycles. The van der Waals surface area contributed by atoms with E-state index in [1.165, 1.54) is 0 Å². The van der Waals surface area contributed by atoms with Gasteiger partial charge in [-0.2, -0.15) is 0 Å². The average Bonchev–Trinajstić information content (AvgIpc) is 2.65. The van der Waals surface area contributed by atoms with Gasteiger partial charge in [-0.05, 0) is 31.8 Å². The van der Waals surface area contributed by atoms with Gasteiger partial charge in [0.1, 0.15) is 5.69 Å². The molecule has 0 bridgehead atoms. The lowest BCUT2D eigenvalue weighted by Crippen LogP contribution is -2.57. The minimum Gasteiger partial charge on any atom is -0.481 e. The quantitative estimate of drug-likeness (QED) is 0.698. The van der Waals surface area contributed by atoms with Crippen molar-refractivity contribution in [2.45, 2.75) is 6.04 Å². The van der Waals surface area contributed by atoms with E-state index in [0.717, 1.165) is 17.7 Å². The van der Waals surface area contributed by atoms with Gasteiger partial charge in [-0.3, -0.25) is 9.59 Å². The molecule has 0 unspecified atom stereocenters. The van der Waals surface area contributed by atoms with Crippen molar-refractivity contribution in [3.05, 3.63) is 53.1 Å². The molecular weight excluding hydrogens is 358 g/mol. The normalized spacial score (nSPS) is 14.4. The van der Waals surface area contributed by atoms with Crippen molar-refractivity contribution < 1.29 is 9.53 Å². The number of nitrogens with zero attached hydrogens (tertiary/aromatic N) is 3. The third-order valence-corrected chi connectivity index (χ3v) is 4.46. The molecule has 0 atom stereocenters. The van der Waals surface area contributed by atoms with Crippen molar-refractivity contribution in [3.63, 3.8) is 0 Å². The summed E-state index contributed by atoms with van der Waals surface area (Å²) in [7, 11) is 5.46. The van der Waals surface area contributed by atoms with Crippen molar-refractivity contribution in [1.82, 2.24) is 19.8 Å². The molecule has 0 spiro atoms. The van der Waals surface area contributed by atoms with E-state index in [2.05, 4.69) is 15.3 Å². The van der Waals surface area contributed by atoms with Crippen LogP contribution in [0.25, 0.3) is 11.1 Å². The Bertz CT molecular complexity index is 916. The van der Waals surface area contributed by atoms with Crippen LogP contribution in [0.2, 0.25) is 0 Å². The van der Waals surface area contributed by atoms with Gasteiger partial charge in [-0.25, -0.2) is 4.98 Å². The van der Waals surface area contributed by atoms with Crippen LogP contribution in [-0.4, -0.2) is 72.6 Å². The highest BCUT2D eigenvalue weighted by atomic mass is 16.5. The number of methoxy groups -OCH3 is 1. The largest absolute Gasteiger partial charge is 0.481 e. The number of amides is 1. The van der Waals surface area contributed by atoms with Crippen LogP contribution in [0.5, 0.6) is 5.88 Å². The highest BCUT2D eigenvalue weighted by Gasteiger charge is 2.29. The van der Waals surface area contributed by atoms with Crippen LogP contribution in [0, 0.1) is 0 Å². The monoisotopic (exact) mass is 383 g/mol. The van der Waals surface area contributed by atoms with E-state index < -0.39 is 0 Å². The van der Waals surface area contributed by atoms with Gasteiger partial charge in [0.05, 0.1) is 13.2 Å². The summed E-state index contributed by atoms with van der Waals surface area (Å²) >= 11 is 0. The number of hydrogen-bond donors (Lipinski definition) is 2. The maximum absolute atomic E-state index is 12.2. The number of hydrogen-bond acceptors (Lipinski definition) is 6.